The first-order chi connectivity index (χ1) is 7.91. The van der Waals surface area contributed by atoms with Crippen LogP contribution in [0.1, 0.15) is 25.5 Å². The predicted octanol–water partition coefficient (Wildman–Crippen LogP) is 3.59. The van der Waals surface area contributed by atoms with Gasteiger partial charge in [0.25, 0.3) is 0 Å². The lowest BCUT2D eigenvalue weighted by atomic mass is 10.1. The van der Waals surface area contributed by atoms with Gasteiger partial charge in [0, 0.05) is 18.6 Å². The molecule has 2 nitrogen and oxygen atoms in total. The van der Waals surface area contributed by atoms with E-state index in [1.807, 2.05) is 18.2 Å². The van der Waals surface area contributed by atoms with Crippen molar-refractivity contribution in [1.82, 2.24) is 10.2 Å². The minimum absolute atomic E-state index is 0.191. The van der Waals surface area contributed by atoms with Crippen LogP contribution in [0.2, 0.25) is 10.0 Å². The highest BCUT2D eigenvalue weighted by Crippen LogP contribution is 2.29. The minimum atomic E-state index is 0.191. The molecule has 4 heteroatoms. The molecule has 17 heavy (non-hydrogen) atoms. The van der Waals surface area contributed by atoms with Gasteiger partial charge in [-0.15, -0.1) is 0 Å². The highest BCUT2D eigenvalue weighted by molar-refractivity contribution is 6.42. The molecular weight excluding hydrogens is 255 g/mol. The van der Waals surface area contributed by atoms with E-state index in [4.69, 9.17) is 23.2 Å². The Hall–Kier alpha value is -0.280. The van der Waals surface area contributed by atoms with E-state index in [0.717, 1.165) is 12.1 Å². The molecule has 0 saturated carbocycles. The zero-order valence-electron chi connectivity index (χ0n) is 10.8. The van der Waals surface area contributed by atoms with Crippen molar-refractivity contribution in [2.45, 2.75) is 25.9 Å². The quantitative estimate of drug-likeness (QED) is 0.883. The summed E-state index contributed by atoms with van der Waals surface area (Å²) in [5, 5.41) is 4.76. The molecule has 0 aromatic heterocycles. The standard InChI is InChI=1S/C13H20Cl2N2/c1-9(8-17(3)4)16-10(2)11-6-5-7-12(14)13(11)15/h5-7,9-10,16H,8H2,1-4H3. The van der Waals surface area contributed by atoms with Crippen LogP contribution in [0, 0.1) is 0 Å². The largest absolute Gasteiger partial charge is 0.308 e. The number of hydrogen-bond acceptors (Lipinski definition) is 2. The van der Waals surface area contributed by atoms with Crippen molar-refractivity contribution < 1.29 is 0 Å². The van der Waals surface area contributed by atoms with Gasteiger partial charge in [-0.1, -0.05) is 35.3 Å². The smallest absolute Gasteiger partial charge is 0.0639 e. The maximum absolute atomic E-state index is 6.19. The monoisotopic (exact) mass is 274 g/mol. The predicted molar refractivity (Wildman–Crippen MR) is 76.0 cm³/mol. The molecule has 1 aromatic rings. The summed E-state index contributed by atoms with van der Waals surface area (Å²) >= 11 is 12.2. The Morgan fingerprint density at radius 3 is 2.47 bits per heavy atom. The Morgan fingerprint density at radius 1 is 1.24 bits per heavy atom. The Balaban J connectivity index is 2.69. The minimum Gasteiger partial charge on any atom is -0.308 e. The maximum atomic E-state index is 6.19. The summed E-state index contributed by atoms with van der Waals surface area (Å²) in [5.74, 6) is 0. The van der Waals surface area contributed by atoms with Crippen LogP contribution < -0.4 is 5.32 Å². The molecule has 0 aliphatic heterocycles. The number of benzene rings is 1. The molecule has 0 saturated heterocycles. The lowest BCUT2D eigenvalue weighted by Crippen LogP contribution is -2.37. The normalized spacial score (nSPS) is 15.0. The van der Waals surface area contributed by atoms with E-state index in [2.05, 4.69) is 38.2 Å². The third-order valence-corrected chi connectivity index (χ3v) is 3.46. The fourth-order valence-electron chi connectivity index (χ4n) is 1.97. The van der Waals surface area contributed by atoms with Crippen LogP contribution >= 0.6 is 23.2 Å². The van der Waals surface area contributed by atoms with Gasteiger partial charge in [0.15, 0.2) is 0 Å². The lowest BCUT2D eigenvalue weighted by molar-refractivity contribution is 0.334. The van der Waals surface area contributed by atoms with E-state index in [1.165, 1.54) is 0 Å². The summed E-state index contributed by atoms with van der Waals surface area (Å²) < 4.78 is 0. The van der Waals surface area contributed by atoms with Crippen molar-refractivity contribution >= 4 is 23.2 Å². The maximum Gasteiger partial charge on any atom is 0.0639 e. The van der Waals surface area contributed by atoms with E-state index in [9.17, 15) is 0 Å². The van der Waals surface area contributed by atoms with E-state index in [0.29, 0.717) is 16.1 Å². The van der Waals surface area contributed by atoms with Crippen molar-refractivity contribution in [2.75, 3.05) is 20.6 Å². The van der Waals surface area contributed by atoms with Gasteiger partial charge in [-0.3, -0.25) is 0 Å². The van der Waals surface area contributed by atoms with E-state index in [-0.39, 0.29) is 6.04 Å². The molecule has 1 aromatic carbocycles. The molecular formula is C13H20Cl2N2. The summed E-state index contributed by atoms with van der Waals surface area (Å²) in [7, 11) is 4.13. The van der Waals surface area contributed by atoms with Crippen molar-refractivity contribution in [3.63, 3.8) is 0 Å². The summed E-state index contributed by atoms with van der Waals surface area (Å²) in [5.41, 5.74) is 1.05. The number of hydrogen-bond donors (Lipinski definition) is 1. The third-order valence-electron chi connectivity index (χ3n) is 2.62. The average molecular weight is 275 g/mol. The third kappa shape index (κ3) is 4.47. The number of nitrogens with zero attached hydrogens (tertiary/aromatic N) is 1. The van der Waals surface area contributed by atoms with Crippen molar-refractivity contribution in [3.05, 3.63) is 33.8 Å². The van der Waals surface area contributed by atoms with Gasteiger partial charge >= 0.3 is 0 Å². The van der Waals surface area contributed by atoms with Crippen LogP contribution in [0.4, 0.5) is 0 Å². The van der Waals surface area contributed by atoms with E-state index < -0.39 is 0 Å². The summed E-state index contributed by atoms with van der Waals surface area (Å²) in [6.45, 7) is 5.25. The molecule has 2 atom stereocenters. The van der Waals surface area contributed by atoms with Crippen LogP contribution in [-0.2, 0) is 0 Å². The average Bonchev–Trinajstić information content (AvgIpc) is 2.20. The molecule has 1 rings (SSSR count). The second-order valence-corrected chi connectivity index (χ2v) is 5.48. The number of rotatable bonds is 5. The van der Waals surface area contributed by atoms with Gasteiger partial charge in [-0.2, -0.15) is 0 Å². The van der Waals surface area contributed by atoms with Crippen LogP contribution in [-0.4, -0.2) is 31.6 Å². The fourth-order valence-corrected chi connectivity index (χ4v) is 2.44. The van der Waals surface area contributed by atoms with Crippen molar-refractivity contribution in [1.29, 1.82) is 0 Å². The highest BCUT2D eigenvalue weighted by atomic mass is 35.5. The van der Waals surface area contributed by atoms with E-state index in [1.54, 1.807) is 0 Å². The molecule has 0 radical (unpaired) electrons. The molecule has 0 spiro atoms. The second-order valence-electron chi connectivity index (χ2n) is 4.69. The molecule has 0 fully saturated rings. The summed E-state index contributed by atoms with van der Waals surface area (Å²) in [6, 6.07) is 6.34. The molecule has 0 aliphatic rings. The molecule has 2 unspecified atom stereocenters. The fraction of sp³-hybridized carbons (Fsp3) is 0.538. The van der Waals surface area contributed by atoms with Gasteiger partial charge in [0.05, 0.1) is 10.0 Å². The SMILES string of the molecule is CC(CN(C)C)NC(C)c1cccc(Cl)c1Cl. The van der Waals surface area contributed by atoms with Gasteiger partial charge in [0.1, 0.15) is 0 Å². The highest BCUT2D eigenvalue weighted by Gasteiger charge is 2.14. The zero-order chi connectivity index (χ0) is 13.0. The Kier molecular flexibility index (Phi) is 5.74. The van der Waals surface area contributed by atoms with Crippen LogP contribution in [0.25, 0.3) is 0 Å². The Bertz CT molecular complexity index is 366. The van der Waals surface area contributed by atoms with E-state index >= 15 is 0 Å². The first-order valence-electron chi connectivity index (χ1n) is 5.76. The van der Waals surface area contributed by atoms with Gasteiger partial charge in [-0.05, 0) is 39.6 Å². The molecule has 0 aliphatic carbocycles. The molecule has 0 bridgehead atoms. The van der Waals surface area contributed by atoms with Crippen LogP contribution in [0.15, 0.2) is 18.2 Å². The topological polar surface area (TPSA) is 15.3 Å². The zero-order valence-corrected chi connectivity index (χ0v) is 12.3. The van der Waals surface area contributed by atoms with Crippen LogP contribution in [0.5, 0.6) is 0 Å². The number of nitrogens with one attached hydrogen (secondary N) is 1. The Labute approximate surface area is 114 Å². The molecule has 0 heterocycles. The van der Waals surface area contributed by atoms with Gasteiger partial charge < -0.3 is 10.2 Å². The molecule has 96 valence electrons. The van der Waals surface area contributed by atoms with Crippen molar-refractivity contribution in [2.24, 2.45) is 0 Å². The number of halogens is 2. The lowest BCUT2D eigenvalue weighted by Gasteiger charge is -2.23. The van der Waals surface area contributed by atoms with Crippen LogP contribution in [0.3, 0.4) is 0 Å². The molecule has 0 amide bonds. The summed E-state index contributed by atoms with van der Waals surface area (Å²) in [6.07, 6.45) is 0. The first-order valence-corrected chi connectivity index (χ1v) is 6.52. The second kappa shape index (κ2) is 6.60. The number of likely N-dealkylation sites (N-methyl/N-ethyl adjacent to an activating group) is 1. The van der Waals surface area contributed by atoms with Gasteiger partial charge in [-0.25, -0.2) is 0 Å². The molecule has 1 N–H and O–H groups in total. The first kappa shape index (κ1) is 14.8. The summed E-state index contributed by atoms with van der Waals surface area (Å²) in [4.78, 5) is 2.16. The Morgan fingerprint density at radius 2 is 1.88 bits per heavy atom. The van der Waals surface area contributed by atoms with Gasteiger partial charge in [0.2, 0.25) is 0 Å². The van der Waals surface area contributed by atoms with Crippen molar-refractivity contribution in [3.8, 4) is 0 Å².